The molecule has 0 radical (unpaired) electrons. The lowest BCUT2D eigenvalue weighted by Crippen LogP contribution is -2.18. The number of para-hydroxylation sites is 1. The predicted molar refractivity (Wildman–Crippen MR) is 76.2 cm³/mol. The molecule has 0 saturated heterocycles. The number of aldehydes is 1. The lowest BCUT2D eigenvalue weighted by atomic mass is 10.0. The summed E-state index contributed by atoms with van der Waals surface area (Å²) in [6.07, 6.45) is 1.50. The average Bonchev–Trinajstić information content (AvgIpc) is 2.93. The molecule has 1 heterocycles. The lowest BCUT2D eigenvalue weighted by molar-refractivity contribution is -0.102. The predicted octanol–water partition coefficient (Wildman–Crippen LogP) is 3.19. The van der Waals surface area contributed by atoms with Crippen LogP contribution in [0.1, 0.15) is 18.0 Å². The molecule has 3 nitrogen and oxygen atoms in total. The van der Waals surface area contributed by atoms with E-state index in [9.17, 15) is 4.79 Å². The molecule has 0 fully saturated rings. The van der Waals surface area contributed by atoms with Crippen LogP contribution in [-0.2, 0) is 4.79 Å². The van der Waals surface area contributed by atoms with E-state index in [0.29, 0.717) is 12.1 Å². The maximum absolute atomic E-state index is 11.0. The highest BCUT2D eigenvalue weighted by Gasteiger charge is 2.28. The molecule has 0 spiro atoms. The zero-order valence-corrected chi connectivity index (χ0v) is 10.4. The normalized spacial score (nSPS) is 18.2. The molecule has 94 valence electrons. The second-order valence-electron chi connectivity index (χ2n) is 4.52. The van der Waals surface area contributed by atoms with Crippen LogP contribution in [0.2, 0.25) is 0 Å². The maximum Gasteiger partial charge on any atom is 0.166 e. The SMILES string of the molecule is O=CC1=NN(c2ccccc2)[C@@H](c2ccccc2)C1. The Labute approximate surface area is 112 Å². The van der Waals surface area contributed by atoms with Gasteiger partial charge in [-0.25, -0.2) is 0 Å². The van der Waals surface area contributed by atoms with Gasteiger partial charge in [-0.2, -0.15) is 5.10 Å². The van der Waals surface area contributed by atoms with Gasteiger partial charge >= 0.3 is 0 Å². The first-order chi connectivity index (χ1) is 9.38. The van der Waals surface area contributed by atoms with Crippen LogP contribution >= 0.6 is 0 Å². The van der Waals surface area contributed by atoms with E-state index < -0.39 is 0 Å². The summed E-state index contributed by atoms with van der Waals surface area (Å²) in [4.78, 5) is 11.0. The summed E-state index contributed by atoms with van der Waals surface area (Å²) in [6.45, 7) is 0. The highest BCUT2D eigenvalue weighted by molar-refractivity contribution is 6.29. The van der Waals surface area contributed by atoms with Crippen LogP contribution in [0.15, 0.2) is 65.8 Å². The minimum Gasteiger partial charge on any atom is -0.296 e. The van der Waals surface area contributed by atoms with E-state index in [4.69, 9.17) is 0 Å². The Hall–Kier alpha value is -2.42. The van der Waals surface area contributed by atoms with Gasteiger partial charge < -0.3 is 0 Å². The Morgan fingerprint density at radius 2 is 1.63 bits per heavy atom. The van der Waals surface area contributed by atoms with Crippen molar-refractivity contribution in [1.82, 2.24) is 0 Å². The minimum absolute atomic E-state index is 0.101. The van der Waals surface area contributed by atoms with Crippen molar-refractivity contribution < 1.29 is 4.79 Å². The number of benzene rings is 2. The fraction of sp³-hybridized carbons (Fsp3) is 0.125. The van der Waals surface area contributed by atoms with Gasteiger partial charge in [-0.3, -0.25) is 9.80 Å². The smallest absolute Gasteiger partial charge is 0.166 e. The molecule has 19 heavy (non-hydrogen) atoms. The number of carbonyl (C=O) groups excluding carboxylic acids is 1. The van der Waals surface area contributed by atoms with Crippen LogP contribution in [0.5, 0.6) is 0 Å². The molecule has 0 saturated carbocycles. The van der Waals surface area contributed by atoms with Crippen molar-refractivity contribution in [3.63, 3.8) is 0 Å². The quantitative estimate of drug-likeness (QED) is 0.784. The van der Waals surface area contributed by atoms with E-state index in [1.54, 1.807) is 0 Å². The fourth-order valence-electron chi connectivity index (χ4n) is 2.36. The molecule has 0 N–H and O–H groups in total. The number of carbonyl (C=O) groups is 1. The number of hydrogen-bond acceptors (Lipinski definition) is 3. The molecule has 2 aromatic carbocycles. The van der Waals surface area contributed by atoms with Crippen LogP contribution in [-0.4, -0.2) is 12.0 Å². The van der Waals surface area contributed by atoms with Crippen molar-refractivity contribution in [2.75, 3.05) is 5.01 Å². The van der Waals surface area contributed by atoms with Crippen molar-refractivity contribution in [3.05, 3.63) is 66.2 Å². The third kappa shape index (κ3) is 2.27. The van der Waals surface area contributed by atoms with E-state index in [0.717, 1.165) is 12.0 Å². The topological polar surface area (TPSA) is 32.7 Å². The van der Waals surface area contributed by atoms with Crippen molar-refractivity contribution in [2.24, 2.45) is 5.10 Å². The summed E-state index contributed by atoms with van der Waals surface area (Å²) in [6, 6.07) is 20.2. The highest BCUT2D eigenvalue weighted by Crippen LogP contribution is 2.34. The number of hydrogen-bond donors (Lipinski definition) is 0. The second kappa shape index (κ2) is 5.06. The molecule has 0 aromatic heterocycles. The summed E-state index contributed by atoms with van der Waals surface area (Å²) >= 11 is 0. The Morgan fingerprint density at radius 3 is 2.26 bits per heavy atom. The third-order valence-electron chi connectivity index (χ3n) is 3.28. The third-order valence-corrected chi connectivity index (χ3v) is 3.28. The Kier molecular flexibility index (Phi) is 3.11. The molecular weight excluding hydrogens is 236 g/mol. The summed E-state index contributed by atoms with van der Waals surface area (Å²) in [5.74, 6) is 0. The van der Waals surface area contributed by atoms with Crippen LogP contribution in [0.3, 0.4) is 0 Å². The van der Waals surface area contributed by atoms with Gasteiger partial charge in [-0.1, -0.05) is 48.5 Å². The molecule has 3 heteroatoms. The van der Waals surface area contributed by atoms with Gasteiger partial charge in [0, 0.05) is 6.42 Å². The van der Waals surface area contributed by atoms with Gasteiger partial charge in [0.25, 0.3) is 0 Å². The van der Waals surface area contributed by atoms with Crippen LogP contribution in [0, 0.1) is 0 Å². The average molecular weight is 250 g/mol. The van der Waals surface area contributed by atoms with Crippen molar-refractivity contribution in [3.8, 4) is 0 Å². The Bertz CT molecular complexity index is 593. The zero-order chi connectivity index (χ0) is 13.1. The summed E-state index contributed by atoms with van der Waals surface area (Å²) < 4.78 is 0. The van der Waals surface area contributed by atoms with E-state index in [-0.39, 0.29) is 6.04 Å². The maximum atomic E-state index is 11.0. The molecule has 0 unspecified atom stereocenters. The van der Waals surface area contributed by atoms with E-state index in [1.165, 1.54) is 5.56 Å². The van der Waals surface area contributed by atoms with Gasteiger partial charge in [-0.05, 0) is 17.7 Å². The Morgan fingerprint density at radius 1 is 1.00 bits per heavy atom. The number of hydrazone groups is 1. The van der Waals surface area contributed by atoms with E-state index in [2.05, 4.69) is 17.2 Å². The number of nitrogens with zero attached hydrogens (tertiary/aromatic N) is 2. The summed E-state index contributed by atoms with van der Waals surface area (Å²) in [7, 11) is 0. The molecule has 1 atom stereocenters. The second-order valence-corrected chi connectivity index (χ2v) is 4.52. The lowest BCUT2D eigenvalue weighted by Gasteiger charge is -2.23. The standard InChI is InChI=1S/C16H14N2O/c19-12-14-11-16(13-7-3-1-4-8-13)18(17-14)15-9-5-2-6-10-15/h1-10,12,16H,11H2/t16-/m1/s1. The molecule has 0 amide bonds. The van der Waals surface area contributed by atoms with Gasteiger partial charge in [0.15, 0.2) is 6.29 Å². The van der Waals surface area contributed by atoms with Crippen molar-refractivity contribution >= 4 is 17.7 Å². The molecular formula is C16H14N2O. The van der Waals surface area contributed by atoms with Gasteiger partial charge in [-0.15, -0.1) is 0 Å². The number of anilines is 1. The van der Waals surface area contributed by atoms with Gasteiger partial charge in [0.2, 0.25) is 0 Å². The molecule has 2 aromatic rings. The van der Waals surface area contributed by atoms with Crippen LogP contribution in [0.25, 0.3) is 0 Å². The minimum atomic E-state index is 0.101. The van der Waals surface area contributed by atoms with Gasteiger partial charge in [0.1, 0.15) is 5.71 Å². The number of rotatable bonds is 3. The van der Waals surface area contributed by atoms with Crippen LogP contribution < -0.4 is 5.01 Å². The largest absolute Gasteiger partial charge is 0.296 e. The molecule has 1 aliphatic heterocycles. The zero-order valence-electron chi connectivity index (χ0n) is 10.4. The molecule has 3 rings (SSSR count). The summed E-state index contributed by atoms with van der Waals surface area (Å²) in [5.41, 5.74) is 2.78. The highest BCUT2D eigenvalue weighted by atomic mass is 16.1. The van der Waals surface area contributed by atoms with Crippen molar-refractivity contribution in [1.29, 1.82) is 0 Å². The van der Waals surface area contributed by atoms with Crippen molar-refractivity contribution in [2.45, 2.75) is 12.5 Å². The molecule has 0 bridgehead atoms. The summed E-state index contributed by atoms with van der Waals surface area (Å²) in [5, 5.41) is 6.35. The van der Waals surface area contributed by atoms with E-state index in [1.807, 2.05) is 53.5 Å². The van der Waals surface area contributed by atoms with Crippen LogP contribution in [0.4, 0.5) is 5.69 Å². The monoisotopic (exact) mass is 250 g/mol. The molecule has 1 aliphatic rings. The Balaban J connectivity index is 1.99. The van der Waals surface area contributed by atoms with E-state index >= 15 is 0 Å². The van der Waals surface area contributed by atoms with Gasteiger partial charge in [0.05, 0.1) is 11.7 Å². The first-order valence-corrected chi connectivity index (χ1v) is 6.30. The first kappa shape index (κ1) is 11.7. The fourth-order valence-corrected chi connectivity index (χ4v) is 2.36. The molecule has 0 aliphatic carbocycles. The first-order valence-electron chi connectivity index (χ1n) is 6.30.